The van der Waals surface area contributed by atoms with Crippen LogP contribution in [0.25, 0.3) is 0 Å². The lowest BCUT2D eigenvalue weighted by Gasteiger charge is -2.01. The van der Waals surface area contributed by atoms with Crippen molar-refractivity contribution in [2.75, 3.05) is 5.88 Å². The molecule has 0 aromatic heterocycles. The SMILES string of the molecule is O=C(CCCCl)c1cccc(F)c1F. The number of carbonyl (C=O) groups excluding carboxylic acids is 1. The van der Waals surface area contributed by atoms with Gasteiger partial charge in [-0.05, 0) is 18.6 Å². The average Bonchev–Trinajstić information content (AvgIpc) is 2.18. The highest BCUT2D eigenvalue weighted by atomic mass is 35.5. The Morgan fingerprint density at radius 1 is 1.36 bits per heavy atom. The predicted octanol–water partition coefficient (Wildman–Crippen LogP) is 3.17. The van der Waals surface area contributed by atoms with Crippen molar-refractivity contribution in [2.45, 2.75) is 12.8 Å². The standard InChI is InChI=1S/C10H9ClF2O/c11-6-2-5-9(14)7-3-1-4-8(12)10(7)13/h1,3-4H,2,5-6H2. The summed E-state index contributed by atoms with van der Waals surface area (Å²) in [6, 6.07) is 3.56. The molecule has 0 fully saturated rings. The maximum Gasteiger partial charge on any atom is 0.169 e. The first kappa shape index (κ1) is 11.1. The van der Waals surface area contributed by atoms with Gasteiger partial charge in [-0.2, -0.15) is 0 Å². The largest absolute Gasteiger partial charge is 0.294 e. The molecule has 0 radical (unpaired) electrons. The van der Waals surface area contributed by atoms with Crippen LogP contribution < -0.4 is 0 Å². The molecule has 14 heavy (non-hydrogen) atoms. The molecule has 0 aliphatic heterocycles. The van der Waals surface area contributed by atoms with E-state index in [0.717, 1.165) is 6.07 Å². The van der Waals surface area contributed by atoms with Crippen molar-refractivity contribution in [1.29, 1.82) is 0 Å². The molecule has 0 amide bonds. The van der Waals surface area contributed by atoms with Gasteiger partial charge in [-0.25, -0.2) is 8.78 Å². The third kappa shape index (κ3) is 2.51. The maximum absolute atomic E-state index is 13.1. The summed E-state index contributed by atoms with van der Waals surface area (Å²) in [5.41, 5.74) is -0.199. The van der Waals surface area contributed by atoms with Crippen LogP contribution in [0.3, 0.4) is 0 Å². The molecule has 0 N–H and O–H groups in total. The summed E-state index contributed by atoms with van der Waals surface area (Å²) >= 11 is 5.38. The lowest BCUT2D eigenvalue weighted by Crippen LogP contribution is -2.04. The number of benzene rings is 1. The van der Waals surface area contributed by atoms with E-state index in [2.05, 4.69) is 0 Å². The van der Waals surface area contributed by atoms with E-state index in [1.165, 1.54) is 12.1 Å². The van der Waals surface area contributed by atoms with E-state index in [0.29, 0.717) is 12.3 Å². The Kier molecular flexibility index (Phi) is 4.01. The second kappa shape index (κ2) is 5.05. The number of Topliss-reactive ketones (excluding diaryl/α,β-unsaturated/α-hetero) is 1. The van der Waals surface area contributed by atoms with Crippen LogP contribution in [0.15, 0.2) is 18.2 Å². The van der Waals surface area contributed by atoms with Gasteiger partial charge in [0.2, 0.25) is 0 Å². The van der Waals surface area contributed by atoms with Crippen LogP contribution in [-0.2, 0) is 0 Å². The van der Waals surface area contributed by atoms with Gasteiger partial charge in [0, 0.05) is 12.3 Å². The van der Waals surface area contributed by atoms with Gasteiger partial charge in [0.1, 0.15) is 0 Å². The van der Waals surface area contributed by atoms with Crippen molar-refractivity contribution in [3.05, 3.63) is 35.4 Å². The van der Waals surface area contributed by atoms with E-state index in [4.69, 9.17) is 11.6 Å². The fourth-order valence-corrected chi connectivity index (χ4v) is 1.21. The van der Waals surface area contributed by atoms with Crippen molar-refractivity contribution >= 4 is 17.4 Å². The van der Waals surface area contributed by atoms with Crippen LogP contribution >= 0.6 is 11.6 Å². The number of rotatable bonds is 4. The van der Waals surface area contributed by atoms with E-state index >= 15 is 0 Å². The van der Waals surface area contributed by atoms with Gasteiger partial charge in [0.25, 0.3) is 0 Å². The molecule has 1 rings (SSSR count). The molecular weight excluding hydrogens is 210 g/mol. The molecule has 0 heterocycles. The number of halogens is 3. The highest BCUT2D eigenvalue weighted by Gasteiger charge is 2.13. The minimum absolute atomic E-state index is 0.143. The summed E-state index contributed by atoms with van der Waals surface area (Å²) < 4.78 is 25.8. The van der Waals surface area contributed by atoms with Crippen LogP contribution in [-0.4, -0.2) is 11.7 Å². The number of hydrogen-bond donors (Lipinski definition) is 0. The molecule has 0 saturated heterocycles. The summed E-state index contributed by atoms with van der Waals surface area (Å²) in [6.07, 6.45) is 0.611. The lowest BCUT2D eigenvalue weighted by molar-refractivity contribution is 0.0977. The zero-order valence-electron chi connectivity index (χ0n) is 7.40. The number of alkyl halides is 1. The van der Waals surface area contributed by atoms with Crippen molar-refractivity contribution < 1.29 is 13.6 Å². The Hall–Kier alpha value is -0.960. The maximum atomic E-state index is 13.1. The van der Waals surface area contributed by atoms with Crippen LogP contribution in [0.1, 0.15) is 23.2 Å². The second-order valence-electron chi connectivity index (χ2n) is 2.82. The Morgan fingerprint density at radius 2 is 2.07 bits per heavy atom. The average molecular weight is 219 g/mol. The molecule has 76 valence electrons. The quantitative estimate of drug-likeness (QED) is 0.561. The van der Waals surface area contributed by atoms with E-state index in [1.54, 1.807) is 0 Å². The van der Waals surface area contributed by atoms with E-state index in [-0.39, 0.29) is 12.0 Å². The van der Waals surface area contributed by atoms with Crippen molar-refractivity contribution in [3.63, 3.8) is 0 Å². The normalized spacial score (nSPS) is 10.2. The number of ketones is 1. The van der Waals surface area contributed by atoms with Crippen LogP contribution in [0.2, 0.25) is 0 Å². The highest BCUT2D eigenvalue weighted by molar-refractivity contribution is 6.18. The minimum atomic E-state index is -1.08. The summed E-state index contributed by atoms with van der Waals surface area (Å²) in [4.78, 5) is 11.3. The summed E-state index contributed by atoms with van der Waals surface area (Å²) in [5.74, 6) is -2.15. The Labute approximate surface area is 85.7 Å². The van der Waals surface area contributed by atoms with Gasteiger partial charge >= 0.3 is 0 Å². The first-order chi connectivity index (χ1) is 6.66. The molecule has 0 spiro atoms. The molecule has 0 unspecified atom stereocenters. The zero-order valence-corrected chi connectivity index (χ0v) is 8.15. The Balaban J connectivity index is 2.84. The third-order valence-corrected chi connectivity index (χ3v) is 2.06. The van der Waals surface area contributed by atoms with Gasteiger partial charge < -0.3 is 0 Å². The molecular formula is C10H9ClF2O. The van der Waals surface area contributed by atoms with Crippen LogP contribution in [0.4, 0.5) is 8.78 Å². The third-order valence-electron chi connectivity index (χ3n) is 1.79. The van der Waals surface area contributed by atoms with Crippen molar-refractivity contribution in [3.8, 4) is 0 Å². The molecule has 0 atom stereocenters. The Morgan fingerprint density at radius 3 is 2.71 bits per heavy atom. The van der Waals surface area contributed by atoms with Crippen LogP contribution in [0, 0.1) is 11.6 Å². The van der Waals surface area contributed by atoms with E-state index in [1.807, 2.05) is 0 Å². The number of hydrogen-bond acceptors (Lipinski definition) is 1. The summed E-state index contributed by atoms with van der Waals surface area (Å²) in [6.45, 7) is 0. The lowest BCUT2D eigenvalue weighted by atomic mass is 10.1. The monoisotopic (exact) mass is 218 g/mol. The van der Waals surface area contributed by atoms with Gasteiger partial charge in [0.05, 0.1) is 5.56 Å². The molecule has 0 bridgehead atoms. The molecule has 0 aliphatic rings. The second-order valence-corrected chi connectivity index (χ2v) is 3.20. The molecule has 1 nitrogen and oxygen atoms in total. The topological polar surface area (TPSA) is 17.1 Å². The first-order valence-electron chi connectivity index (χ1n) is 4.20. The number of carbonyl (C=O) groups is 1. The smallest absolute Gasteiger partial charge is 0.169 e. The molecule has 1 aromatic rings. The predicted molar refractivity (Wildman–Crippen MR) is 50.6 cm³/mol. The fraction of sp³-hybridized carbons (Fsp3) is 0.300. The van der Waals surface area contributed by atoms with Gasteiger partial charge in [0.15, 0.2) is 17.4 Å². The molecule has 4 heteroatoms. The van der Waals surface area contributed by atoms with Crippen molar-refractivity contribution in [1.82, 2.24) is 0 Å². The molecule has 0 aliphatic carbocycles. The van der Waals surface area contributed by atoms with Gasteiger partial charge in [-0.15, -0.1) is 11.6 Å². The zero-order chi connectivity index (χ0) is 10.6. The minimum Gasteiger partial charge on any atom is -0.294 e. The highest BCUT2D eigenvalue weighted by Crippen LogP contribution is 2.14. The molecule has 0 saturated carbocycles. The molecule has 1 aromatic carbocycles. The van der Waals surface area contributed by atoms with Gasteiger partial charge in [-0.1, -0.05) is 6.07 Å². The van der Waals surface area contributed by atoms with Crippen LogP contribution in [0.5, 0.6) is 0 Å². The summed E-state index contributed by atoms with van der Waals surface area (Å²) in [5, 5.41) is 0. The van der Waals surface area contributed by atoms with Gasteiger partial charge in [-0.3, -0.25) is 4.79 Å². The van der Waals surface area contributed by atoms with E-state index < -0.39 is 17.4 Å². The van der Waals surface area contributed by atoms with Crippen molar-refractivity contribution in [2.24, 2.45) is 0 Å². The Bertz CT molecular complexity index is 339. The fourth-order valence-electron chi connectivity index (χ4n) is 1.08. The van der Waals surface area contributed by atoms with E-state index in [9.17, 15) is 13.6 Å². The summed E-state index contributed by atoms with van der Waals surface area (Å²) in [7, 11) is 0. The first-order valence-corrected chi connectivity index (χ1v) is 4.73.